The van der Waals surface area contributed by atoms with Crippen molar-refractivity contribution in [3.63, 3.8) is 0 Å². The fraction of sp³-hybridized carbons (Fsp3) is 0.643. The fourth-order valence-electron chi connectivity index (χ4n) is 1.96. The van der Waals surface area contributed by atoms with Crippen LogP contribution in [-0.4, -0.2) is 50.8 Å². The third-order valence-corrected chi connectivity index (χ3v) is 4.30. The molecule has 0 aliphatic rings. The first-order valence-electron chi connectivity index (χ1n) is 7.18. The molecule has 6 nitrogen and oxygen atoms in total. The zero-order chi connectivity index (χ0) is 15.8. The Morgan fingerprint density at radius 3 is 2.52 bits per heavy atom. The zero-order valence-corrected chi connectivity index (χ0v) is 14.0. The van der Waals surface area contributed by atoms with E-state index < -0.39 is 5.97 Å². The molecule has 21 heavy (non-hydrogen) atoms. The number of nitrogen functional groups attached to an aromatic ring is 1. The first-order chi connectivity index (χ1) is 10.1. The summed E-state index contributed by atoms with van der Waals surface area (Å²) in [5.74, 6) is 0.109. The highest BCUT2D eigenvalue weighted by Crippen LogP contribution is 2.42. The number of esters is 1. The minimum atomic E-state index is -0.407. The Morgan fingerprint density at radius 2 is 2.00 bits per heavy atom. The van der Waals surface area contributed by atoms with Gasteiger partial charge in [0.15, 0.2) is 5.75 Å². The predicted molar refractivity (Wildman–Crippen MR) is 87.5 cm³/mol. The number of thiophene rings is 1. The first kappa shape index (κ1) is 17.6. The Morgan fingerprint density at radius 1 is 1.33 bits per heavy atom. The Bertz CT molecular complexity index is 459. The summed E-state index contributed by atoms with van der Waals surface area (Å²) in [5.41, 5.74) is 6.30. The lowest BCUT2D eigenvalue weighted by Crippen LogP contribution is -2.28. The van der Waals surface area contributed by atoms with Crippen molar-refractivity contribution in [2.45, 2.75) is 20.8 Å². The fourth-order valence-corrected chi connectivity index (χ4v) is 2.97. The maximum Gasteiger partial charge on any atom is 0.350 e. The Labute approximate surface area is 130 Å². The summed E-state index contributed by atoms with van der Waals surface area (Å²) in [6, 6.07) is 0. The maximum absolute atomic E-state index is 11.8. The largest absolute Gasteiger partial charge is 0.492 e. The number of hydrogen-bond acceptors (Lipinski definition) is 7. The van der Waals surface area contributed by atoms with Crippen molar-refractivity contribution in [3.05, 3.63) is 4.88 Å². The Kier molecular flexibility index (Phi) is 7.31. The molecule has 0 fully saturated rings. The molecule has 0 aliphatic carbocycles. The minimum absolute atomic E-state index is 0.323. The number of ether oxygens (including phenoxy) is 2. The van der Waals surface area contributed by atoms with E-state index in [4.69, 9.17) is 15.2 Å². The SMILES string of the molecule is CCOC(=O)c1sc(NCCN(CC)CC)c(OC)c1N. The van der Waals surface area contributed by atoms with Gasteiger partial charge >= 0.3 is 5.97 Å². The lowest BCUT2D eigenvalue weighted by atomic mass is 10.3. The number of methoxy groups -OCH3 is 1. The molecule has 1 heterocycles. The summed E-state index contributed by atoms with van der Waals surface area (Å²) in [6.45, 7) is 10.1. The molecule has 0 atom stereocenters. The van der Waals surface area contributed by atoms with Gasteiger partial charge in [-0.05, 0) is 20.0 Å². The molecule has 0 saturated carbocycles. The maximum atomic E-state index is 11.8. The van der Waals surface area contributed by atoms with Crippen LogP contribution in [0.2, 0.25) is 0 Å². The van der Waals surface area contributed by atoms with Crippen molar-refractivity contribution >= 4 is 28.0 Å². The molecule has 7 heteroatoms. The van der Waals surface area contributed by atoms with Crippen LogP contribution in [0.25, 0.3) is 0 Å². The van der Waals surface area contributed by atoms with E-state index in [0.717, 1.165) is 31.2 Å². The molecule has 3 N–H and O–H groups in total. The quantitative estimate of drug-likeness (QED) is 0.681. The highest BCUT2D eigenvalue weighted by molar-refractivity contribution is 7.19. The second kappa shape index (κ2) is 8.74. The van der Waals surface area contributed by atoms with Gasteiger partial charge in [-0.15, -0.1) is 11.3 Å². The normalized spacial score (nSPS) is 10.7. The van der Waals surface area contributed by atoms with E-state index in [2.05, 4.69) is 24.1 Å². The van der Waals surface area contributed by atoms with E-state index in [1.54, 1.807) is 14.0 Å². The van der Waals surface area contributed by atoms with E-state index in [-0.39, 0.29) is 0 Å². The first-order valence-corrected chi connectivity index (χ1v) is 8.00. The minimum Gasteiger partial charge on any atom is -0.492 e. The van der Waals surface area contributed by atoms with E-state index in [0.29, 0.717) is 22.9 Å². The van der Waals surface area contributed by atoms with Crippen molar-refractivity contribution in [1.82, 2.24) is 4.90 Å². The molecule has 1 rings (SSSR count). The summed E-state index contributed by atoms with van der Waals surface area (Å²) in [4.78, 5) is 14.5. The molecule has 1 aromatic rings. The van der Waals surface area contributed by atoms with Gasteiger partial charge in [0.25, 0.3) is 0 Å². The van der Waals surface area contributed by atoms with Crippen molar-refractivity contribution < 1.29 is 14.3 Å². The summed E-state index contributed by atoms with van der Waals surface area (Å²) >= 11 is 1.27. The molecule has 0 saturated heterocycles. The van der Waals surface area contributed by atoms with Gasteiger partial charge < -0.3 is 25.4 Å². The van der Waals surface area contributed by atoms with Gasteiger partial charge in [0.1, 0.15) is 15.6 Å². The number of nitrogens with two attached hydrogens (primary N) is 1. The molecule has 120 valence electrons. The van der Waals surface area contributed by atoms with E-state index >= 15 is 0 Å². The van der Waals surface area contributed by atoms with Crippen LogP contribution in [0, 0.1) is 0 Å². The van der Waals surface area contributed by atoms with Crippen molar-refractivity contribution in [2.24, 2.45) is 0 Å². The number of anilines is 2. The van der Waals surface area contributed by atoms with Crippen molar-refractivity contribution in [1.29, 1.82) is 0 Å². The number of likely N-dealkylation sites (N-methyl/N-ethyl adjacent to an activating group) is 1. The lowest BCUT2D eigenvalue weighted by molar-refractivity contribution is 0.0533. The molecule has 0 bridgehead atoms. The summed E-state index contributed by atoms with van der Waals surface area (Å²) in [6.07, 6.45) is 0. The number of nitrogens with zero attached hydrogens (tertiary/aromatic N) is 1. The van der Waals surface area contributed by atoms with Gasteiger partial charge in [-0.3, -0.25) is 0 Å². The number of hydrogen-bond donors (Lipinski definition) is 2. The lowest BCUT2D eigenvalue weighted by Gasteiger charge is -2.18. The van der Waals surface area contributed by atoms with Gasteiger partial charge in [0.2, 0.25) is 0 Å². The molecule has 1 aromatic heterocycles. The van der Waals surface area contributed by atoms with Gasteiger partial charge in [0.05, 0.1) is 13.7 Å². The van der Waals surface area contributed by atoms with Crippen LogP contribution in [-0.2, 0) is 4.74 Å². The van der Waals surface area contributed by atoms with Gasteiger partial charge in [0, 0.05) is 13.1 Å². The van der Waals surface area contributed by atoms with Crippen molar-refractivity contribution in [2.75, 3.05) is 50.9 Å². The smallest absolute Gasteiger partial charge is 0.350 e. The number of rotatable bonds is 9. The second-order valence-electron chi connectivity index (χ2n) is 4.38. The van der Waals surface area contributed by atoms with Crippen molar-refractivity contribution in [3.8, 4) is 5.75 Å². The standard InChI is InChI=1S/C14H25N3O3S/c1-5-17(6-2)9-8-16-13-11(19-4)10(15)12(21-13)14(18)20-7-3/h16H,5-9,15H2,1-4H3. The third-order valence-electron chi connectivity index (χ3n) is 3.17. The van der Waals surface area contributed by atoms with E-state index in [1.807, 2.05) is 0 Å². The van der Waals surface area contributed by atoms with Gasteiger partial charge in [-0.2, -0.15) is 0 Å². The molecule has 0 radical (unpaired) electrons. The zero-order valence-electron chi connectivity index (χ0n) is 13.2. The van der Waals surface area contributed by atoms with E-state index in [9.17, 15) is 4.79 Å². The molecular weight excluding hydrogens is 290 g/mol. The van der Waals surface area contributed by atoms with Crippen LogP contribution in [0.1, 0.15) is 30.4 Å². The number of carbonyl (C=O) groups is 1. The number of nitrogens with one attached hydrogen (secondary N) is 1. The average molecular weight is 315 g/mol. The highest BCUT2D eigenvalue weighted by Gasteiger charge is 2.22. The second-order valence-corrected chi connectivity index (χ2v) is 5.40. The summed E-state index contributed by atoms with van der Waals surface area (Å²) in [5, 5.41) is 4.05. The predicted octanol–water partition coefficient (Wildman–Crippen LogP) is 2.27. The monoisotopic (exact) mass is 315 g/mol. The molecular formula is C14H25N3O3S. The molecule has 0 aliphatic heterocycles. The van der Waals surface area contributed by atoms with Crippen LogP contribution >= 0.6 is 11.3 Å². The van der Waals surface area contributed by atoms with Crippen LogP contribution in [0.15, 0.2) is 0 Å². The Hall–Kier alpha value is -1.47. The number of carbonyl (C=O) groups excluding carboxylic acids is 1. The van der Waals surface area contributed by atoms with Gasteiger partial charge in [-0.25, -0.2) is 4.79 Å². The van der Waals surface area contributed by atoms with Crippen LogP contribution in [0.3, 0.4) is 0 Å². The van der Waals surface area contributed by atoms with Gasteiger partial charge in [-0.1, -0.05) is 13.8 Å². The molecule has 0 unspecified atom stereocenters. The third kappa shape index (κ3) is 4.50. The van der Waals surface area contributed by atoms with Crippen LogP contribution in [0.4, 0.5) is 10.7 Å². The topological polar surface area (TPSA) is 76.8 Å². The molecule has 0 amide bonds. The van der Waals surface area contributed by atoms with E-state index in [1.165, 1.54) is 11.3 Å². The average Bonchev–Trinajstić information content (AvgIpc) is 2.80. The molecule has 0 spiro atoms. The van der Waals surface area contributed by atoms with Crippen LogP contribution in [0.5, 0.6) is 5.75 Å². The Balaban J connectivity index is 2.77. The summed E-state index contributed by atoms with van der Waals surface area (Å²) in [7, 11) is 1.54. The molecule has 0 aromatic carbocycles. The summed E-state index contributed by atoms with van der Waals surface area (Å²) < 4.78 is 10.3. The highest BCUT2D eigenvalue weighted by atomic mass is 32.1. The van der Waals surface area contributed by atoms with Crippen LogP contribution < -0.4 is 15.8 Å².